The fourth-order valence-electron chi connectivity index (χ4n) is 2.20. The predicted molar refractivity (Wildman–Crippen MR) is 84.4 cm³/mol. The Morgan fingerprint density at radius 1 is 1.35 bits per heavy atom. The first-order valence-electron chi connectivity index (χ1n) is 6.35. The van der Waals surface area contributed by atoms with Crippen LogP contribution in [0, 0.1) is 0 Å². The first-order valence-corrected chi connectivity index (χ1v) is 7.84. The number of sulfonamides is 1. The van der Waals surface area contributed by atoms with E-state index in [1.807, 2.05) is 6.92 Å². The average molecular weight is 360 g/mol. The van der Waals surface area contributed by atoms with Gasteiger partial charge in [-0.1, -0.05) is 0 Å². The summed E-state index contributed by atoms with van der Waals surface area (Å²) in [4.78, 5) is 8.33. The molecule has 0 aliphatic heterocycles. The summed E-state index contributed by atoms with van der Waals surface area (Å²) in [5.74, 6) is 0.452. The highest BCUT2D eigenvalue weighted by molar-refractivity contribution is 7.89. The summed E-state index contributed by atoms with van der Waals surface area (Å²) in [5.41, 5.74) is 6.79. The van der Waals surface area contributed by atoms with E-state index in [1.165, 1.54) is 19.4 Å². The molecule has 3 heterocycles. The van der Waals surface area contributed by atoms with Crippen LogP contribution in [0.4, 0.5) is 5.82 Å². The van der Waals surface area contributed by atoms with Crippen molar-refractivity contribution in [2.75, 3.05) is 12.8 Å². The molecule has 0 saturated carbocycles. The summed E-state index contributed by atoms with van der Waals surface area (Å²) in [7, 11) is -2.35. The Bertz CT molecular complexity index is 950. The molecule has 3 aromatic rings. The average Bonchev–Trinajstić information content (AvgIpc) is 3.09. The van der Waals surface area contributed by atoms with Crippen molar-refractivity contribution in [3.63, 3.8) is 0 Å². The monoisotopic (exact) mass is 359 g/mol. The van der Waals surface area contributed by atoms with Crippen LogP contribution in [-0.2, 0) is 16.6 Å². The molecule has 0 fully saturated rings. The number of hydrogen-bond acceptors (Lipinski definition) is 8. The fourth-order valence-corrected chi connectivity index (χ4v) is 3.09. The number of anilines is 1. The fraction of sp³-hybridized carbons (Fsp3) is 0.273. The molecular formula is C11H14ClN7O3S. The van der Waals surface area contributed by atoms with Crippen LogP contribution in [0.2, 0.25) is 0 Å². The molecule has 0 radical (unpaired) electrons. The van der Waals surface area contributed by atoms with Crippen LogP contribution in [0.1, 0.15) is 6.92 Å². The van der Waals surface area contributed by atoms with E-state index >= 15 is 0 Å². The lowest BCUT2D eigenvalue weighted by Crippen LogP contribution is -2.20. The van der Waals surface area contributed by atoms with Crippen molar-refractivity contribution in [3.05, 3.63) is 12.4 Å². The second kappa shape index (κ2) is 6.10. The maximum absolute atomic E-state index is 12.2. The van der Waals surface area contributed by atoms with E-state index in [4.69, 9.17) is 5.73 Å². The van der Waals surface area contributed by atoms with Gasteiger partial charge in [0.15, 0.2) is 17.3 Å². The van der Waals surface area contributed by atoms with Gasteiger partial charge in [-0.25, -0.2) is 22.8 Å². The molecular weight excluding hydrogens is 346 g/mol. The number of nitrogens with two attached hydrogens (primary N) is 1. The zero-order valence-electron chi connectivity index (χ0n) is 12.2. The van der Waals surface area contributed by atoms with E-state index in [-0.39, 0.29) is 28.8 Å². The third-order valence-electron chi connectivity index (χ3n) is 3.22. The number of nitrogens with one attached hydrogen (secondary N) is 1. The van der Waals surface area contributed by atoms with Gasteiger partial charge in [-0.05, 0) is 24.3 Å². The molecule has 0 amide bonds. The smallest absolute Gasteiger partial charge is 0.244 e. The lowest BCUT2D eigenvalue weighted by Gasteiger charge is -2.08. The molecule has 3 aromatic heterocycles. The van der Waals surface area contributed by atoms with E-state index in [0.717, 1.165) is 0 Å². The standard InChI is InChI=1S/C11H13N7O3S.ClH/c1-3-18-9-6(4-14-5-7(9)22(19,20)13-2)15-11(18)8-10(12)17-21-16-8;/h4-5,13H,3H2,1-2H3,(H2,12,17);1H. The van der Waals surface area contributed by atoms with Gasteiger partial charge in [0.1, 0.15) is 10.4 Å². The van der Waals surface area contributed by atoms with Gasteiger partial charge in [-0.15, -0.1) is 12.4 Å². The van der Waals surface area contributed by atoms with E-state index < -0.39 is 10.0 Å². The summed E-state index contributed by atoms with van der Waals surface area (Å²) in [5, 5.41) is 7.24. The second-order valence-electron chi connectivity index (χ2n) is 4.39. The Balaban J connectivity index is 0.00000192. The number of nitrogens with zero attached hydrogens (tertiary/aromatic N) is 5. The van der Waals surface area contributed by atoms with Crippen molar-refractivity contribution in [2.45, 2.75) is 18.4 Å². The van der Waals surface area contributed by atoms with Crippen molar-refractivity contribution in [1.29, 1.82) is 0 Å². The Labute approximate surface area is 137 Å². The van der Waals surface area contributed by atoms with Gasteiger partial charge in [-0.3, -0.25) is 4.98 Å². The lowest BCUT2D eigenvalue weighted by atomic mass is 10.4. The van der Waals surface area contributed by atoms with Crippen molar-refractivity contribution >= 4 is 39.3 Å². The van der Waals surface area contributed by atoms with Crippen LogP contribution in [0.5, 0.6) is 0 Å². The summed E-state index contributed by atoms with van der Waals surface area (Å²) >= 11 is 0. The quantitative estimate of drug-likeness (QED) is 0.682. The van der Waals surface area contributed by atoms with Crippen molar-refractivity contribution in [1.82, 2.24) is 29.6 Å². The Hall–Kier alpha value is -2.24. The normalized spacial score (nSPS) is 11.6. The number of nitrogen functional groups attached to an aromatic ring is 1. The Morgan fingerprint density at radius 3 is 2.65 bits per heavy atom. The minimum Gasteiger partial charge on any atom is -0.379 e. The zero-order chi connectivity index (χ0) is 15.9. The van der Waals surface area contributed by atoms with Crippen LogP contribution >= 0.6 is 12.4 Å². The highest BCUT2D eigenvalue weighted by Gasteiger charge is 2.24. The molecule has 10 nitrogen and oxygen atoms in total. The molecule has 0 spiro atoms. The molecule has 124 valence electrons. The number of rotatable bonds is 4. The van der Waals surface area contributed by atoms with Gasteiger partial charge in [0.2, 0.25) is 10.0 Å². The molecule has 12 heteroatoms. The summed E-state index contributed by atoms with van der Waals surface area (Å²) < 4.78 is 32.9. The predicted octanol–water partition coefficient (Wildman–Crippen LogP) is 0.413. The van der Waals surface area contributed by atoms with Crippen molar-refractivity contribution < 1.29 is 13.0 Å². The molecule has 0 aliphatic carbocycles. The Kier molecular flexibility index (Phi) is 4.54. The van der Waals surface area contributed by atoms with Gasteiger partial charge < -0.3 is 10.3 Å². The number of hydrogen-bond donors (Lipinski definition) is 2. The molecule has 0 aromatic carbocycles. The Morgan fingerprint density at radius 2 is 2.09 bits per heavy atom. The molecule has 3 rings (SSSR count). The van der Waals surface area contributed by atoms with E-state index in [2.05, 4.69) is 29.6 Å². The van der Waals surface area contributed by atoms with Crippen LogP contribution in [-0.4, -0.2) is 40.3 Å². The topological polar surface area (TPSA) is 142 Å². The third kappa shape index (κ3) is 2.62. The second-order valence-corrected chi connectivity index (χ2v) is 6.25. The molecule has 0 bridgehead atoms. The van der Waals surface area contributed by atoms with Crippen molar-refractivity contribution in [3.8, 4) is 11.5 Å². The third-order valence-corrected chi connectivity index (χ3v) is 4.63. The number of fused-ring (bicyclic) bond motifs is 1. The summed E-state index contributed by atoms with van der Waals surface area (Å²) in [6.07, 6.45) is 2.75. The molecule has 0 unspecified atom stereocenters. The molecule has 23 heavy (non-hydrogen) atoms. The molecule has 0 atom stereocenters. The maximum atomic E-state index is 12.2. The molecule has 0 aliphatic rings. The van der Waals surface area contributed by atoms with Crippen molar-refractivity contribution in [2.24, 2.45) is 0 Å². The van der Waals surface area contributed by atoms with Gasteiger partial charge in [0.05, 0.1) is 11.7 Å². The van der Waals surface area contributed by atoms with Gasteiger partial charge >= 0.3 is 0 Å². The number of imidazole rings is 1. The zero-order valence-corrected chi connectivity index (χ0v) is 13.8. The SMILES string of the molecule is CCn1c(-c2nonc2N)nc2cncc(S(=O)(=O)NC)c21.Cl. The van der Waals surface area contributed by atoms with Gasteiger partial charge in [0.25, 0.3) is 0 Å². The van der Waals surface area contributed by atoms with Crippen LogP contribution in [0.3, 0.4) is 0 Å². The first-order chi connectivity index (χ1) is 10.5. The lowest BCUT2D eigenvalue weighted by molar-refractivity contribution is 0.310. The number of pyridine rings is 1. The van der Waals surface area contributed by atoms with Crippen LogP contribution < -0.4 is 10.5 Å². The van der Waals surface area contributed by atoms with E-state index in [0.29, 0.717) is 23.4 Å². The van der Waals surface area contributed by atoms with Gasteiger partial charge in [-0.2, -0.15) is 0 Å². The highest BCUT2D eigenvalue weighted by atomic mass is 35.5. The minimum absolute atomic E-state index is 0. The highest BCUT2D eigenvalue weighted by Crippen LogP contribution is 2.29. The van der Waals surface area contributed by atoms with Crippen LogP contribution in [0.15, 0.2) is 21.9 Å². The number of aryl methyl sites for hydroxylation is 1. The summed E-state index contributed by atoms with van der Waals surface area (Å²) in [6, 6.07) is 0. The maximum Gasteiger partial charge on any atom is 0.244 e. The summed E-state index contributed by atoms with van der Waals surface area (Å²) in [6.45, 7) is 2.30. The number of aromatic nitrogens is 5. The minimum atomic E-state index is -3.69. The first kappa shape index (κ1) is 17.1. The largest absolute Gasteiger partial charge is 0.379 e. The molecule has 0 saturated heterocycles. The molecule has 3 N–H and O–H groups in total. The van der Waals surface area contributed by atoms with E-state index in [1.54, 1.807) is 4.57 Å². The van der Waals surface area contributed by atoms with E-state index in [9.17, 15) is 8.42 Å². The van der Waals surface area contributed by atoms with Crippen LogP contribution in [0.25, 0.3) is 22.6 Å². The van der Waals surface area contributed by atoms with Gasteiger partial charge in [0, 0.05) is 12.7 Å². The number of halogens is 1.